The van der Waals surface area contributed by atoms with Gasteiger partial charge in [0, 0.05) is 13.1 Å². The highest BCUT2D eigenvalue weighted by Crippen LogP contribution is 2.50. The number of aliphatic carboxylic acids is 1. The van der Waals surface area contributed by atoms with Crippen LogP contribution in [0.3, 0.4) is 0 Å². The molecule has 3 rings (SSSR count). The fraction of sp³-hybridized carbons (Fsp3) is 0.533. The van der Waals surface area contributed by atoms with E-state index in [9.17, 15) is 18.3 Å². The summed E-state index contributed by atoms with van der Waals surface area (Å²) >= 11 is 6.09. The van der Waals surface area contributed by atoms with Gasteiger partial charge in [-0.25, -0.2) is 8.42 Å². The van der Waals surface area contributed by atoms with Crippen molar-refractivity contribution in [3.63, 3.8) is 0 Å². The fourth-order valence-electron chi connectivity index (χ4n) is 3.73. The molecule has 2 atom stereocenters. The van der Waals surface area contributed by atoms with Crippen LogP contribution in [0.15, 0.2) is 23.1 Å². The number of carboxylic acid groups (broad SMARTS) is 1. The van der Waals surface area contributed by atoms with E-state index >= 15 is 0 Å². The molecule has 120 valence electrons. The van der Waals surface area contributed by atoms with Crippen molar-refractivity contribution in [1.29, 1.82) is 0 Å². The average molecular weight is 344 g/mol. The molecular weight excluding hydrogens is 326 g/mol. The molecule has 0 aromatic heterocycles. The lowest BCUT2D eigenvalue weighted by Gasteiger charge is -2.23. The van der Waals surface area contributed by atoms with Crippen LogP contribution >= 0.6 is 11.6 Å². The summed E-state index contributed by atoms with van der Waals surface area (Å²) in [6, 6.07) is 4.80. The second-order valence-electron chi connectivity index (χ2n) is 6.28. The molecule has 1 aliphatic carbocycles. The summed E-state index contributed by atoms with van der Waals surface area (Å²) in [6.45, 7) is 2.14. The Morgan fingerprint density at radius 2 is 2.18 bits per heavy atom. The van der Waals surface area contributed by atoms with Crippen molar-refractivity contribution >= 4 is 27.6 Å². The zero-order chi connectivity index (χ0) is 16.1. The highest BCUT2D eigenvalue weighted by Gasteiger charge is 2.57. The lowest BCUT2D eigenvalue weighted by atomic mass is 9.81. The van der Waals surface area contributed by atoms with E-state index in [2.05, 4.69) is 0 Å². The molecule has 0 bridgehead atoms. The molecular formula is C15H18ClNO4S. The molecule has 2 aliphatic rings. The van der Waals surface area contributed by atoms with Gasteiger partial charge in [0.15, 0.2) is 0 Å². The van der Waals surface area contributed by atoms with Gasteiger partial charge in [-0.15, -0.1) is 0 Å². The minimum absolute atomic E-state index is 0.0412. The van der Waals surface area contributed by atoms with Crippen LogP contribution in [-0.2, 0) is 14.8 Å². The zero-order valence-electron chi connectivity index (χ0n) is 12.3. The van der Waals surface area contributed by atoms with Crippen molar-refractivity contribution in [3.05, 3.63) is 28.8 Å². The van der Waals surface area contributed by atoms with Crippen molar-refractivity contribution in [3.8, 4) is 0 Å². The third-order valence-electron chi connectivity index (χ3n) is 4.97. The van der Waals surface area contributed by atoms with Crippen LogP contribution in [0, 0.1) is 18.3 Å². The van der Waals surface area contributed by atoms with Crippen LogP contribution in [0.5, 0.6) is 0 Å². The first-order valence-corrected chi connectivity index (χ1v) is 9.09. The Hall–Kier alpha value is -1.11. The number of rotatable bonds is 3. The number of sulfonamides is 1. The number of carboxylic acids is 1. The molecule has 0 amide bonds. The lowest BCUT2D eigenvalue weighted by Crippen LogP contribution is -2.37. The summed E-state index contributed by atoms with van der Waals surface area (Å²) < 4.78 is 26.9. The number of halogens is 1. The number of carbonyl (C=O) groups is 1. The van der Waals surface area contributed by atoms with E-state index in [0.717, 1.165) is 18.4 Å². The zero-order valence-corrected chi connectivity index (χ0v) is 13.8. The van der Waals surface area contributed by atoms with Gasteiger partial charge in [-0.2, -0.15) is 4.31 Å². The maximum atomic E-state index is 12.8. The molecule has 0 spiro atoms. The number of nitrogens with zero attached hydrogens (tertiary/aromatic N) is 1. The molecule has 1 saturated heterocycles. The molecule has 1 aromatic carbocycles. The smallest absolute Gasteiger partial charge is 0.311 e. The van der Waals surface area contributed by atoms with Crippen molar-refractivity contribution in [2.45, 2.75) is 31.1 Å². The number of hydrogen-bond donors (Lipinski definition) is 1. The second-order valence-corrected chi connectivity index (χ2v) is 8.60. The van der Waals surface area contributed by atoms with Gasteiger partial charge in [0.1, 0.15) is 4.90 Å². The number of hydrogen-bond acceptors (Lipinski definition) is 3. The van der Waals surface area contributed by atoms with Crippen LogP contribution in [0.1, 0.15) is 24.8 Å². The van der Waals surface area contributed by atoms with Gasteiger partial charge < -0.3 is 5.11 Å². The number of fused-ring (bicyclic) bond motifs is 1. The van der Waals surface area contributed by atoms with E-state index in [4.69, 9.17) is 11.6 Å². The average Bonchev–Trinajstić information content (AvgIpc) is 2.95. The monoisotopic (exact) mass is 343 g/mol. The summed E-state index contributed by atoms with van der Waals surface area (Å²) in [5, 5.41) is 9.75. The SMILES string of the molecule is Cc1ccc(S(=O)(=O)N2C[C@@H]3CCC[C@@]3(C(=O)O)C2)c(Cl)c1. The van der Waals surface area contributed by atoms with Gasteiger partial charge in [0.05, 0.1) is 10.4 Å². The molecule has 0 unspecified atom stereocenters. The Morgan fingerprint density at radius 1 is 1.45 bits per heavy atom. The summed E-state index contributed by atoms with van der Waals surface area (Å²) in [6.07, 6.45) is 2.15. The Morgan fingerprint density at radius 3 is 2.77 bits per heavy atom. The molecule has 1 aromatic rings. The summed E-state index contributed by atoms with van der Waals surface area (Å²) in [7, 11) is -3.76. The van der Waals surface area contributed by atoms with Crippen molar-refractivity contribution in [1.82, 2.24) is 4.31 Å². The van der Waals surface area contributed by atoms with Crippen molar-refractivity contribution in [2.75, 3.05) is 13.1 Å². The predicted molar refractivity (Wildman–Crippen MR) is 82.4 cm³/mol. The Bertz CT molecular complexity index is 733. The molecule has 1 aliphatic heterocycles. The van der Waals surface area contributed by atoms with Gasteiger partial charge in [-0.1, -0.05) is 24.1 Å². The lowest BCUT2D eigenvalue weighted by molar-refractivity contribution is -0.149. The summed E-state index contributed by atoms with van der Waals surface area (Å²) in [5.74, 6) is -0.994. The molecule has 7 heteroatoms. The Labute approximate surface area is 134 Å². The van der Waals surface area contributed by atoms with Crippen LogP contribution < -0.4 is 0 Å². The van der Waals surface area contributed by atoms with Gasteiger partial charge in [0.2, 0.25) is 10.0 Å². The standard InChI is InChI=1S/C15H18ClNO4S/c1-10-4-5-13(12(16)7-10)22(20,21)17-8-11-3-2-6-15(11,9-17)14(18)19/h4-5,7,11H,2-3,6,8-9H2,1H3,(H,18,19)/t11-,15+/m0/s1. The molecule has 2 fully saturated rings. The maximum absolute atomic E-state index is 12.8. The Balaban J connectivity index is 1.96. The first kappa shape index (κ1) is 15.8. The highest BCUT2D eigenvalue weighted by atomic mass is 35.5. The minimum atomic E-state index is -3.76. The first-order chi connectivity index (χ1) is 10.3. The second kappa shape index (κ2) is 5.22. The van der Waals surface area contributed by atoms with Gasteiger partial charge in [-0.3, -0.25) is 4.79 Å². The topological polar surface area (TPSA) is 74.7 Å². The van der Waals surface area contributed by atoms with Crippen LogP contribution in [0.2, 0.25) is 5.02 Å². The van der Waals surface area contributed by atoms with E-state index < -0.39 is 21.4 Å². The van der Waals surface area contributed by atoms with E-state index in [-0.39, 0.29) is 28.9 Å². The maximum Gasteiger partial charge on any atom is 0.311 e. The minimum Gasteiger partial charge on any atom is -0.481 e. The number of benzene rings is 1. The first-order valence-electron chi connectivity index (χ1n) is 7.27. The van der Waals surface area contributed by atoms with E-state index in [1.54, 1.807) is 12.1 Å². The highest BCUT2D eigenvalue weighted by molar-refractivity contribution is 7.89. The third-order valence-corrected chi connectivity index (χ3v) is 7.27. The largest absolute Gasteiger partial charge is 0.481 e. The predicted octanol–water partition coefficient (Wildman–Crippen LogP) is 2.52. The van der Waals surface area contributed by atoms with Crippen LogP contribution in [0.4, 0.5) is 0 Å². The molecule has 5 nitrogen and oxygen atoms in total. The summed E-state index contributed by atoms with van der Waals surface area (Å²) in [5.41, 5.74) is -0.0474. The van der Waals surface area contributed by atoms with Gasteiger partial charge in [-0.05, 0) is 43.4 Å². The quantitative estimate of drug-likeness (QED) is 0.915. The molecule has 0 radical (unpaired) electrons. The van der Waals surface area contributed by atoms with Crippen molar-refractivity contribution in [2.24, 2.45) is 11.3 Å². The van der Waals surface area contributed by atoms with Crippen LogP contribution in [0.25, 0.3) is 0 Å². The number of aryl methyl sites for hydroxylation is 1. The van der Waals surface area contributed by atoms with E-state index in [1.165, 1.54) is 10.4 Å². The Kier molecular flexibility index (Phi) is 3.74. The van der Waals surface area contributed by atoms with Gasteiger partial charge in [0.25, 0.3) is 0 Å². The fourth-order valence-corrected chi connectivity index (χ4v) is 5.86. The van der Waals surface area contributed by atoms with Crippen molar-refractivity contribution < 1.29 is 18.3 Å². The normalized spacial score (nSPS) is 28.7. The molecule has 1 saturated carbocycles. The van der Waals surface area contributed by atoms with Crippen LogP contribution in [-0.4, -0.2) is 36.9 Å². The molecule has 1 heterocycles. The summed E-state index contributed by atoms with van der Waals surface area (Å²) in [4.78, 5) is 11.7. The third kappa shape index (κ3) is 2.25. The van der Waals surface area contributed by atoms with Gasteiger partial charge >= 0.3 is 5.97 Å². The van der Waals surface area contributed by atoms with E-state index in [0.29, 0.717) is 6.42 Å². The molecule has 1 N–H and O–H groups in total. The van der Waals surface area contributed by atoms with E-state index in [1.807, 2.05) is 6.92 Å². The molecule has 22 heavy (non-hydrogen) atoms.